The Kier molecular flexibility index (Phi) is 5.49. The minimum atomic E-state index is -1.12. The summed E-state index contributed by atoms with van der Waals surface area (Å²) in [7, 11) is 3.41. The third-order valence-corrected chi connectivity index (χ3v) is 5.93. The number of aliphatic carboxylic acids is 1. The van der Waals surface area contributed by atoms with Crippen LogP contribution in [0.5, 0.6) is 11.8 Å². The Balaban J connectivity index is 1.80. The zero-order chi connectivity index (χ0) is 23.9. The third kappa shape index (κ3) is 3.86. The van der Waals surface area contributed by atoms with Gasteiger partial charge in [0.25, 0.3) is 5.91 Å². The zero-order valence-electron chi connectivity index (χ0n) is 19.0. The SMILES string of the molecule is C=Cc1ccc2c(n1)Oc1nc(-c3ccc(C(=O)N(C)C)cc3)ccc1C2C(C)(C)C(=O)O. The second-order valence-electron chi connectivity index (χ2n) is 8.76. The van der Waals surface area contributed by atoms with Gasteiger partial charge >= 0.3 is 5.97 Å². The molecule has 0 aliphatic carbocycles. The van der Waals surface area contributed by atoms with E-state index in [1.807, 2.05) is 30.3 Å². The fourth-order valence-corrected chi connectivity index (χ4v) is 4.00. The van der Waals surface area contributed by atoms with E-state index in [1.54, 1.807) is 52.2 Å². The minimum absolute atomic E-state index is 0.0808. The van der Waals surface area contributed by atoms with Gasteiger partial charge in [-0.1, -0.05) is 30.8 Å². The van der Waals surface area contributed by atoms with E-state index in [9.17, 15) is 14.7 Å². The molecule has 0 bridgehead atoms. The van der Waals surface area contributed by atoms with Crippen molar-refractivity contribution in [1.82, 2.24) is 14.9 Å². The minimum Gasteiger partial charge on any atom is -0.481 e. The number of hydrogen-bond donors (Lipinski definition) is 1. The molecule has 0 spiro atoms. The predicted molar refractivity (Wildman–Crippen MR) is 125 cm³/mol. The maximum atomic E-state index is 12.2. The van der Waals surface area contributed by atoms with E-state index in [2.05, 4.69) is 11.6 Å². The van der Waals surface area contributed by atoms with E-state index in [-0.39, 0.29) is 5.91 Å². The van der Waals surface area contributed by atoms with Crippen molar-refractivity contribution in [3.05, 3.63) is 77.5 Å². The van der Waals surface area contributed by atoms with Crippen LogP contribution in [-0.4, -0.2) is 45.9 Å². The lowest BCUT2D eigenvalue weighted by Gasteiger charge is -2.35. The van der Waals surface area contributed by atoms with E-state index < -0.39 is 17.3 Å². The van der Waals surface area contributed by atoms with Gasteiger partial charge in [0, 0.05) is 42.3 Å². The monoisotopic (exact) mass is 443 g/mol. The van der Waals surface area contributed by atoms with Crippen molar-refractivity contribution in [1.29, 1.82) is 0 Å². The Bertz CT molecular complexity index is 1260. The Morgan fingerprint density at radius 3 is 2.18 bits per heavy atom. The van der Waals surface area contributed by atoms with Crippen LogP contribution in [0.15, 0.2) is 55.1 Å². The van der Waals surface area contributed by atoms with Crippen LogP contribution in [-0.2, 0) is 4.79 Å². The molecule has 0 fully saturated rings. The number of nitrogens with zero attached hydrogens (tertiary/aromatic N) is 3. The number of benzene rings is 1. The summed E-state index contributed by atoms with van der Waals surface area (Å²) >= 11 is 0. The van der Waals surface area contributed by atoms with Gasteiger partial charge in [0.1, 0.15) is 0 Å². The number of carbonyl (C=O) groups is 2. The summed E-state index contributed by atoms with van der Waals surface area (Å²) in [5.74, 6) is -0.855. The second kappa shape index (κ2) is 8.16. The third-order valence-electron chi connectivity index (χ3n) is 5.93. The Hall–Kier alpha value is -4.00. The molecule has 1 aliphatic heterocycles. The maximum Gasteiger partial charge on any atom is 0.310 e. The fraction of sp³-hybridized carbons (Fsp3) is 0.231. The molecule has 3 heterocycles. The van der Waals surface area contributed by atoms with Crippen LogP contribution in [0.4, 0.5) is 0 Å². The summed E-state index contributed by atoms with van der Waals surface area (Å²) in [6.07, 6.45) is 1.61. The molecule has 1 atom stereocenters. The van der Waals surface area contributed by atoms with Gasteiger partial charge in [0.15, 0.2) is 0 Å². The van der Waals surface area contributed by atoms with Gasteiger partial charge in [-0.2, -0.15) is 0 Å². The average molecular weight is 444 g/mol. The van der Waals surface area contributed by atoms with Crippen LogP contribution >= 0.6 is 0 Å². The largest absolute Gasteiger partial charge is 0.481 e. The van der Waals surface area contributed by atoms with Gasteiger partial charge < -0.3 is 14.7 Å². The van der Waals surface area contributed by atoms with Crippen molar-refractivity contribution in [2.45, 2.75) is 19.8 Å². The highest BCUT2D eigenvalue weighted by molar-refractivity contribution is 5.94. The highest BCUT2D eigenvalue weighted by Crippen LogP contribution is 2.51. The lowest BCUT2D eigenvalue weighted by molar-refractivity contribution is -0.147. The Morgan fingerprint density at radius 2 is 1.61 bits per heavy atom. The van der Waals surface area contributed by atoms with E-state index in [0.717, 1.165) is 5.56 Å². The van der Waals surface area contributed by atoms with E-state index >= 15 is 0 Å². The summed E-state index contributed by atoms with van der Waals surface area (Å²) in [6, 6.07) is 14.5. The first-order valence-corrected chi connectivity index (χ1v) is 10.5. The van der Waals surface area contributed by atoms with Crippen molar-refractivity contribution in [3.8, 4) is 23.0 Å². The van der Waals surface area contributed by atoms with Crippen LogP contribution in [0.2, 0.25) is 0 Å². The standard InChI is InChI=1S/C26H25N3O4/c1-6-17-11-12-18-21(26(2,3)25(31)32)19-13-14-20(28-23(19)33-22(18)27-17)15-7-9-16(10-8-15)24(30)29(4)5/h6-14,21H,1H2,2-5H3,(H,31,32). The Labute approximate surface area is 192 Å². The normalized spacial score (nSPS) is 14.5. The molecule has 33 heavy (non-hydrogen) atoms. The maximum absolute atomic E-state index is 12.2. The van der Waals surface area contributed by atoms with Crippen LogP contribution in [0.3, 0.4) is 0 Å². The molecule has 168 valence electrons. The smallest absolute Gasteiger partial charge is 0.310 e. The van der Waals surface area contributed by atoms with Gasteiger partial charge in [-0.3, -0.25) is 9.59 Å². The number of aromatic nitrogens is 2. The van der Waals surface area contributed by atoms with E-state index in [4.69, 9.17) is 9.72 Å². The molecule has 1 unspecified atom stereocenters. The van der Waals surface area contributed by atoms with Crippen LogP contribution in [0.1, 0.15) is 46.9 Å². The molecule has 0 saturated heterocycles. The summed E-state index contributed by atoms with van der Waals surface area (Å²) in [5, 5.41) is 9.96. The van der Waals surface area contributed by atoms with Crippen LogP contribution in [0.25, 0.3) is 17.3 Å². The number of carboxylic acid groups (broad SMARTS) is 1. The summed E-state index contributed by atoms with van der Waals surface area (Å²) < 4.78 is 6.06. The first-order chi connectivity index (χ1) is 15.6. The zero-order valence-corrected chi connectivity index (χ0v) is 19.0. The molecule has 1 aromatic carbocycles. The number of fused-ring (bicyclic) bond motifs is 2. The summed E-state index contributed by atoms with van der Waals surface area (Å²) in [5.41, 5.74) is 2.92. The molecule has 1 N–H and O–H groups in total. The van der Waals surface area contributed by atoms with Gasteiger partial charge in [-0.15, -0.1) is 0 Å². The number of ether oxygens (including phenoxy) is 1. The molecule has 1 amide bonds. The molecule has 1 aliphatic rings. The van der Waals surface area contributed by atoms with Crippen molar-refractivity contribution >= 4 is 18.0 Å². The molecule has 4 rings (SSSR count). The second-order valence-corrected chi connectivity index (χ2v) is 8.76. The lowest BCUT2D eigenvalue weighted by Crippen LogP contribution is -2.34. The number of carboxylic acids is 1. The first kappa shape index (κ1) is 22.2. The fourth-order valence-electron chi connectivity index (χ4n) is 4.00. The van der Waals surface area contributed by atoms with Crippen molar-refractivity contribution in [3.63, 3.8) is 0 Å². The van der Waals surface area contributed by atoms with Crippen molar-refractivity contribution in [2.24, 2.45) is 5.41 Å². The van der Waals surface area contributed by atoms with Crippen LogP contribution < -0.4 is 4.74 Å². The molecule has 0 saturated carbocycles. The number of pyridine rings is 2. The van der Waals surface area contributed by atoms with E-state index in [0.29, 0.717) is 39.8 Å². The van der Waals surface area contributed by atoms with Gasteiger partial charge in [-0.25, -0.2) is 9.97 Å². The van der Waals surface area contributed by atoms with E-state index in [1.165, 1.54) is 4.90 Å². The number of hydrogen-bond acceptors (Lipinski definition) is 5. The van der Waals surface area contributed by atoms with Crippen molar-refractivity contribution in [2.75, 3.05) is 14.1 Å². The van der Waals surface area contributed by atoms with Crippen molar-refractivity contribution < 1.29 is 19.4 Å². The highest BCUT2D eigenvalue weighted by Gasteiger charge is 2.44. The van der Waals surface area contributed by atoms with Gasteiger partial charge in [0.2, 0.25) is 11.8 Å². The number of carbonyl (C=O) groups excluding carboxylic acids is 1. The summed E-state index contributed by atoms with van der Waals surface area (Å²) in [4.78, 5) is 35.0. The Morgan fingerprint density at radius 1 is 1.00 bits per heavy atom. The molecular weight excluding hydrogens is 418 g/mol. The summed E-state index contributed by atoms with van der Waals surface area (Å²) in [6.45, 7) is 7.13. The molecule has 3 aromatic rings. The average Bonchev–Trinajstić information content (AvgIpc) is 2.81. The predicted octanol–water partition coefficient (Wildman–Crippen LogP) is 4.84. The first-order valence-electron chi connectivity index (χ1n) is 10.5. The quantitative estimate of drug-likeness (QED) is 0.607. The molecule has 2 aromatic heterocycles. The highest BCUT2D eigenvalue weighted by atomic mass is 16.5. The number of amides is 1. The number of rotatable bonds is 5. The van der Waals surface area contributed by atoms with Crippen LogP contribution in [0, 0.1) is 5.41 Å². The molecule has 7 nitrogen and oxygen atoms in total. The molecular formula is C26H25N3O4. The lowest BCUT2D eigenvalue weighted by atomic mass is 9.71. The topological polar surface area (TPSA) is 92.6 Å². The van der Waals surface area contributed by atoms with Gasteiger partial charge in [0.05, 0.1) is 16.8 Å². The molecule has 7 heteroatoms. The molecule has 0 radical (unpaired) electrons. The van der Waals surface area contributed by atoms with Gasteiger partial charge in [-0.05, 0) is 44.2 Å².